The summed E-state index contributed by atoms with van der Waals surface area (Å²) in [5, 5.41) is 0. The van der Waals surface area contributed by atoms with Crippen LogP contribution in [0.4, 0.5) is 0 Å². The maximum absolute atomic E-state index is 12.6. The highest BCUT2D eigenvalue weighted by Gasteiger charge is 2.25. The van der Waals surface area contributed by atoms with Crippen LogP contribution in [0.5, 0.6) is 0 Å². The van der Waals surface area contributed by atoms with Crippen LogP contribution in [0.3, 0.4) is 0 Å². The molecule has 0 bridgehead atoms. The van der Waals surface area contributed by atoms with Crippen LogP contribution >= 0.6 is 7.82 Å². The Bertz CT molecular complexity index is 1250. The third kappa shape index (κ3) is 42.4. The second kappa shape index (κ2) is 42.5. The lowest BCUT2D eigenvalue weighted by Gasteiger charge is -2.19. The number of phosphoric acid groups is 1. The van der Waals surface area contributed by atoms with Crippen LogP contribution in [0.25, 0.3) is 0 Å². The molecular weight excluding hydrogens is 737 g/mol. The van der Waals surface area contributed by atoms with Crippen LogP contribution in [-0.2, 0) is 32.7 Å². The summed E-state index contributed by atoms with van der Waals surface area (Å²) in [5.74, 6) is -0.903. The fourth-order valence-corrected chi connectivity index (χ4v) is 6.02. The van der Waals surface area contributed by atoms with Gasteiger partial charge in [-0.1, -0.05) is 143 Å². The second-order valence-corrected chi connectivity index (χ2v) is 15.3. The molecule has 0 aromatic heterocycles. The Kier molecular flexibility index (Phi) is 40.2. The topological polar surface area (TPSA) is 134 Å². The van der Waals surface area contributed by atoms with E-state index in [1.807, 2.05) is 0 Å². The number of carbonyl (C=O) groups is 2. The fourth-order valence-electron chi connectivity index (χ4n) is 5.25. The summed E-state index contributed by atoms with van der Waals surface area (Å²) in [4.78, 5) is 34.9. The fraction of sp³-hybridized carbons (Fsp3) is 0.617. The number of carbonyl (C=O) groups excluding carboxylic acids is 2. The zero-order valence-electron chi connectivity index (χ0n) is 35.5. The maximum Gasteiger partial charge on any atom is 0.472 e. The highest BCUT2D eigenvalue weighted by molar-refractivity contribution is 7.47. The number of nitrogens with two attached hydrogens (primary N) is 1. The molecule has 0 spiro atoms. The van der Waals surface area contributed by atoms with Crippen LogP contribution < -0.4 is 5.73 Å². The van der Waals surface area contributed by atoms with Gasteiger partial charge in [-0.3, -0.25) is 18.6 Å². The molecule has 0 aliphatic heterocycles. The van der Waals surface area contributed by atoms with Gasteiger partial charge in [0.25, 0.3) is 0 Å². The van der Waals surface area contributed by atoms with Gasteiger partial charge in [-0.25, -0.2) is 4.57 Å². The van der Waals surface area contributed by atoms with E-state index in [9.17, 15) is 19.0 Å². The Morgan fingerprint density at radius 1 is 0.544 bits per heavy atom. The molecule has 2 unspecified atom stereocenters. The first kappa shape index (κ1) is 53.9. The summed E-state index contributed by atoms with van der Waals surface area (Å²) in [6.07, 6.45) is 54.3. The molecular formula is C47H78NO8P. The van der Waals surface area contributed by atoms with Gasteiger partial charge in [0.15, 0.2) is 6.10 Å². The average molecular weight is 816 g/mol. The number of rotatable bonds is 39. The zero-order chi connectivity index (χ0) is 41.8. The van der Waals surface area contributed by atoms with Crippen molar-refractivity contribution in [3.63, 3.8) is 0 Å². The van der Waals surface area contributed by atoms with Crippen molar-refractivity contribution in [2.24, 2.45) is 5.73 Å². The smallest absolute Gasteiger partial charge is 0.462 e. The Labute approximate surface area is 346 Å². The van der Waals surface area contributed by atoms with Crippen molar-refractivity contribution in [1.82, 2.24) is 0 Å². The summed E-state index contributed by atoms with van der Waals surface area (Å²) in [6.45, 7) is 3.50. The molecule has 0 saturated heterocycles. The standard InChI is InChI=1S/C47H78NO8P/c1-3-5-7-9-11-13-15-17-19-21-22-24-25-27-29-31-33-35-37-39-46(49)53-43-45(44-55-57(51,52)54-42-41-48)56-47(50)40-38-36-34-32-30-28-26-23-20-18-16-14-12-10-8-6-4-2/h6,8,11-14,17-20,22,24,26-29,45H,3-5,7,9-10,15-16,21,23,25,30-44,48H2,1-2H3,(H,51,52). The average Bonchev–Trinajstić information content (AvgIpc) is 3.20. The van der Waals surface area contributed by atoms with Gasteiger partial charge in [-0.2, -0.15) is 0 Å². The van der Waals surface area contributed by atoms with E-state index in [0.717, 1.165) is 89.9 Å². The van der Waals surface area contributed by atoms with Gasteiger partial charge in [0.2, 0.25) is 0 Å². The maximum atomic E-state index is 12.6. The van der Waals surface area contributed by atoms with E-state index in [1.165, 1.54) is 25.7 Å². The van der Waals surface area contributed by atoms with Crippen molar-refractivity contribution in [3.05, 3.63) is 97.2 Å². The van der Waals surface area contributed by atoms with Crippen LogP contribution in [0, 0.1) is 0 Å². The van der Waals surface area contributed by atoms with E-state index in [1.54, 1.807) is 0 Å². The summed E-state index contributed by atoms with van der Waals surface area (Å²) in [7, 11) is -4.40. The van der Waals surface area contributed by atoms with Crippen molar-refractivity contribution in [2.75, 3.05) is 26.4 Å². The molecule has 0 rings (SSSR count). The predicted molar refractivity (Wildman–Crippen MR) is 238 cm³/mol. The van der Waals surface area contributed by atoms with E-state index in [2.05, 4.69) is 111 Å². The van der Waals surface area contributed by atoms with E-state index in [4.69, 9.17) is 24.3 Å². The molecule has 0 aliphatic rings. The number of phosphoric ester groups is 1. The minimum absolute atomic E-state index is 0.0386. The minimum atomic E-state index is -4.40. The van der Waals surface area contributed by atoms with Gasteiger partial charge in [-0.15, -0.1) is 0 Å². The molecule has 0 aliphatic carbocycles. The van der Waals surface area contributed by atoms with Gasteiger partial charge >= 0.3 is 19.8 Å². The van der Waals surface area contributed by atoms with Gasteiger partial charge in [0.05, 0.1) is 13.2 Å². The zero-order valence-corrected chi connectivity index (χ0v) is 36.4. The number of unbranched alkanes of at least 4 members (excludes halogenated alkanes) is 10. The SMILES string of the molecule is CCC=CCC=CCC=CCC=CCCCCCCC(=O)OC(COC(=O)CCCCCC=CCC=CCC=CCC=CCCCCC)COP(=O)(O)OCCN. The Morgan fingerprint density at radius 3 is 1.44 bits per heavy atom. The normalized spacial score (nSPS) is 14.2. The molecule has 0 aromatic rings. The first-order chi connectivity index (χ1) is 27.8. The number of allylic oxidation sites excluding steroid dienone is 16. The highest BCUT2D eigenvalue weighted by Crippen LogP contribution is 2.43. The van der Waals surface area contributed by atoms with Crippen molar-refractivity contribution in [2.45, 2.75) is 161 Å². The predicted octanol–water partition coefficient (Wildman–Crippen LogP) is 12.6. The lowest BCUT2D eigenvalue weighted by atomic mass is 10.1. The molecule has 0 aromatic carbocycles. The monoisotopic (exact) mass is 816 g/mol. The van der Waals surface area contributed by atoms with Crippen LogP contribution in [0.2, 0.25) is 0 Å². The molecule has 0 radical (unpaired) electrons. The number of hydrogen-bond donors (Lipinski definition) is 2. The first-order valence-corrected chi connectivity index (χ1v) is 23.2. The number of esters is 2. The third-order valence-electron chi connectivity index (χ3n) is 8.45. The second-order valence-electron chi connectivity index (χ2n) is 13.8. The summed E-state index contributed by atoms with van der Waals surface area (Å²) in [6, 6.07) is 0. The van der Waals surface area contributed by atoms with Crippen molar-refractivity contribution >= 4 is 19.8 Å². The Balaban J connectivity index is 4.29. The van der Waals surface area contributed by atoms with Gasteiger partial charge < -0.3 is 20.1 Å². The molecule has 0 fully saturated rings. The van der Waals surface area contributed by atoms with E-state index >= 15 is 0 Å². The van der Waals surface area contributed by atoms with Gasteiger partial charge in [-0.05, 0) is 96.3 Å². The molecule has 57 heavy (non-hydrogen) atoms. The van der Waals surface area contributed by atoms with Gasteiger partial charge in [0, 0.05) is 19.4 Å². The van der Waals surface area contributed by atoms with Crippen molar-refractivity contribution < 1.29 is 37.6 Å². The Hall–Kier alpha value is -3.07. The van der Waals surface area contributed by atoms with Gasteiger partial charge in [0.1, 0.15) is 6.61 Å². The number of ether oxygens (including phenoxy) is 2. The number of hydrogen-bond acceptors (Lipinski definition) is 8. The molecule has 9 nitrogen and oxygen atoms in total. The lowest BCUT2D eigenvalue weighted by Crippen LogP contribution is -2.29. The third-order valence-corrected chi connectivity index (χ3v) is 9.44. The van der Waals surface area contributed by atoms with Crippen molar-refractivity contribution in [1.29, 1.82) is 0 Å². The van der Waals surface area contributed by atoms with E-state index in [-0.39, 0.29) is 32.6 Å². The van der Waals surface area contributed by atoms with Crippen molar-refractivity contribution in [3.8, 4) is 0 Å². The van der Waals surface area contributed by atoms with E-state index < -0.39 is 32.5 Å². The molecule has 0 amide bonds. The van der Waals surface area contributed by atoms with Crippen LogP contribution in [-0.4, -0.2) is 49.3 Å². The molecule has 0 saturated carbocycles. The molecule has 3 N–H and O–H groups in total. The summed E-state index contributed by atoms with van der Waals surface area (Å²) < 4.78 is 32.7. The molecule has 0 heterocycles. The lowest BCUT2D eigenvalue weighted by molar-refractivity contribution is -0.161. The Morgan fingerprint density at radius 2 is 0.965 bits per heavy atom. The summed E-state index contributed by atoms with van der Waals surface area (Å²) >= 11 is 0. The van der Waals surface area contributed by atoms with Crippen LogP contribution in [0.1, 0.15) is 155 Å². The largest absolute Gasteiger partial charge is 0.472 e. The molecule has 10 heteroatoms. The van der Waals surface area contributed by atoms with Crippen LogP contribution in [0.15, 0.2) is 97.2 Å². The summed E-state index contributed by atoms with van der Waals surface area (Å²) in [5.41, 5.74) is 5.34. The molecule has 2 atom stereocenters. The molecule has 324 valence electrons. The quantitative estimate of drug-likeness (QED) is 0.0269. The highest BCUT2D eigenvalue weighted by atomic mass is 31.2. The minimum Gasteiger partial charge on any atom is -0.462 e. The first-order valence-electron chi connectivity index (χ1n) is 21.7. The van der Waals surface area contributed by atoms with E-state index in [0.29, 0.717) is 12.8 Å².